The average molecular weight is 332 g/mol. The van der Waals surface area contributed by atoms with Gasteiger partial charge in [0.2, 0.25) is 0 Å². The van der Waals surface area contributed by atoms with Crippen LogP contribution in [0, 0.1) is 5.82 Å². The van der Waals surface area contributed by atoms with Gasteiger partial charge < -0.3 is 14.8 Å². The average Bonchev–Trinajstić information content (AvgIpc) is 3.23. The Labute approximate surface area is 135 Å². The molecule has 0 bridgehead atoms. The van der Waals surface area contributed by atoms with Gasteiger partial charge in [0, 0.05) is 17.5 Å². The smallest absolute Gasteiger partial charge is 0.270 e. The van der Waals surface area contributed by atoms with E-state index in [0.717, 1.165) is 0 Å². The first-order valence-electron chi connectivity index (χ1n) is 6.85. The molecule has 1 unspecified atom stereocenters. The van der Waals surface area contributed by atoms with Crippen LogP contribution in [0.5, 0.6) is 0 Å². The molecule has 2 aromatic heterocycles. The summed E-state index contributed by atoms with van der Waals surface area (Å²) in [5, 5.41) is 14.7. The van der Waals surface area contributed by atoms with Crippen molar-refractivity contribution in [3.63, 3.8) is 0 Å². The summed E-state index contributed by atoms with van der Waals surface area (Å²) < 4.78 is 18.8. The molecule has 3 rings (SSSR count). The lowest BCUT2D eigenvalue weighted by Crippen LogP contribution is -2.28. The number of halogens is 1. The van der Waals surface area contributed by atoms with Crippen molar-refractivity contribution in [1.29, 1.82) is 0 Å². The molecule has 0 saturated heterocycles. The van der Waals surface area contributed by atoms with Gasteiger partial charge in [-0.15, -0.1) is 11.3 Å². The molecule has 118 valence electrons. The first kappa shape index (κ1) is 15.4. The Balaban J connectivity index is 1.63. The number of benzene rings is 1. The van der Waals surface area contributed by atoms with E-state index in [1.807, 2.05) is 0 Å². The number of nitrogens with one attached hydrogen (secondary N) is 1. The SMILES string of the molecule is O=C(NCC(O)c1ccccc1F)c1csc(-c2ccco2)n1. The predicted octanol–water partition coefficient (Wildman–Crippen LogP) is 3.01. The number of amides is 1. The van der Waals surface area contributed by atoms with E-state index in [1.165, 1.54) is 35.8 Å². The number of furan rings is 1. The summed E-state index contributed by atoms with van der Waals surface area (Å²) >= 11 is 1.28. The molecule has 0 spiro atoms. The standard InChI is InChI=1S/C16H13FN2O3S/c17-11-5-2-1-4-10(11)13(20)8-18-15(21)12-9-23-16(19-12)14-6-3-7-22-14/h1-7,9,13,20H,8H2,(H,18,21). The van der Waals surface area contributed by atoms with Gasteiger partial charge in [-0.2, -0.15) is 0 Å². The van der Waals surface area contributed by atoms with Gasteiger partial charge in [0.25, 0.3) is 5.91 Å². The second kappa shape index (κ2) is 6.72. The van der Waals surface area contributed by atoms with Gasteiger partial charge in [-0.25, -0.2) is 9.37 Å². The Morgan fingerprint density at radius 3 is 2.91 bits per heavy atom. The highest BCUT2D eigenvalue weighted by Gasteiger charge is 2.16. The topological polar surface area (TPSA) is 75.4 Å². The first-order valence-corrected chi connectivity index (χ1v) is 7.73. The number of carbonyl (C=O) groups is 1. The molecule has 23 heavy (non-hydrogen) atoms. The highest BCUT2D eigenvalue weighted by atomic mass is 32.1. The third-order valence-corrected chi connectivity index (χ3v) is 4.05. The van der Waals surface area contributed by atoms with Crippen molar-refractivity contribution in [3.05, 3.63) is 65.1 Å². The van der Waals surface area contributed by atoms with Crippen LogP contribution in [0.4, 0.5) is 4.39 Å². The Morgan fingerprint density at radius 2 is 2.17 bits per heavy atom. The monoisotopic (exact) mass is 332 g/mol. The summed E-state index contributed by atoms with van der Waals surface area (Å²) in [6.45, 7) is -0.104. The summed E-state index contributed by atoms with van der Waals surface area (Å²) in [5.74, 6) is -0.363. The van der Waals surface area contributed by atoms with E-state index in [-0.39, 0.29) is 17.8 Å². The maximum atomic E-state index is 13.6. The zero-order valence-electron chi connectivity index (χ0n) is 11.9. The van der Waals surface area contributed by atoms with Gasteiger partial charge in [0.15, 0.2) is 10.8 Å². The second-order valence-electron chi connectivity index (χ2n) is 4.76. The molecular formula is C16H13FN2O3S. The molecule has 0 aliphatic rings. The molecule has 2 N–H and O–H groups in total. The summed E-state index contributed by atoms with van der Waals surface area (Å²) in [4.78, 5) is 16.2. The van der Waals surface area contributed by atoms with Crippen LogP contribution >= 0.6 is 11.3 Å². The van der Waals surface area contributed by atoms with Crippen LogP contribution in [0.15, 0.2) is 52.5 Å². The van der Waals surface area contributed by atoms with Crippen LogP contribution in [-0.2, 0) is 0 Å². The van der Waals surface area contributed by atoms with Crippen molar-refractivity contribution in [2.24, 2.45) is 0 Å². The van der Waals surface area contributed by atoms with Crippen molar-refractivity contribution < 1.29 is 18.7 Å². The van der Waals surface area contributed by atoms with Crippen molar-refractivity contribution in [1.82, 2.24) is 10.3 Å². The molecule has 0 aliphatic heterocycles. The molecule has 3 aromatic rings. The molecule has 1 atom stereocenters. The summed E-state index contributed by atoms with van der Waals surface area (Å²) in [7, 11) is 0. The van der Waals surface area contributed by atoms with E-state index in [0.29, 0.717) is 10.8 Å². The Morgan fingerprint density at radius 1 is 1.35 bits per heavy atom. The highest BCUT2D eigenvalue weighted by Crippen LogP contribution is 2.24. The maximum absolute atomic E-state index is 13.6. The van der Waals surface area contributed by atoms with Gasteiger partial charge in [-0.1, -0.05) is 18.2 Å². The summed E-state index contributed by atoms with van der Waals surface area (Å²) in [6, 6.07) is 9.39. The first-order chi connectivity index (χ1) is 11.1. The molecule has 1 aromatic carbocycles. The third-order valence-electron chi connectivity index (χ3n) is 3.19. The van der Waals surface area contributed by atoms with Gasteiger partial charge >= 0.3 is 0 Å². The van der Waals surface area contributed by atoms with E-state index >= 15 is 0 Å². The Bertz CT molecular complexity index is 801. The number of hydrogen-bond donors (Lipinski definition) is 2. The molecule has 0 aliphatic carbocycles. The van der Waals surface area contributed by atoms with E-state index in [9.17, 15) is 14.3 Å². The number of thiazole rings is 1. The number of aromatic nitrogens is 1. The predicted molar refractivity (Wildman–Crippen MR) is 83.5 cm³/mol. The third kappa shape index (κ3) is 3.46. The summed E-state index contributed by atoms with van der Waals surface area (Å²) in [5.41, 5.74) is 0.365. The normalized spacial score (nSPS) is 12.1. The molecule has 5 nitrogen and oxygen atoms in total. The van der Waals surface area contributed by atoms with Crippen LogP contribution < -0.4 is 5.32 Å². The number of rotatable bonds is 5. The number of nitrogens with zero attached hydrogens (tertiary/aromatic N) is 1. The summed E-state index contributed by atoms with van der Waals surface area (Å²) in [6.07, 6.45) is 0.407. The number of carbonyl (C=O) groups excluding carboxylic acids is 1. The minimum absolute atomic E-state index is 0.104. The number of aliphatic hydroxyl groups is 1. The minimum Gasteiger partial charge on any atom is -0.462 e. The van der Waals surface area contributed by atoms with Crippen LogP contribution in [0.25, 0.3) is 10.8 Å². The lowest BCUT2D eigenvalue weighted by molar-refractivity contribution is 0.0910. The van der Waals surface area contributed by atoms with Crippen molar-refractivity contribution in [2.45, 2.75) is 6.10 Å². The quantitative estimate of drug-likeness (QED) is 0.753. The van der Waals surface area contributed by atoms with E-state index in [4.69, 9.17) is 4.42 Å². The van der Waals surface area contributed by atoms with E-state index in [1.54, 1.807) is 23.6 Å². The lowest BCUT2D eigenvalue weighted by atomic mass is 10.1. The second-order valence-corrected chi connectivity index (χ2v) is 5.62. The van der Waals surface area contributed by atoms with Crippen LogP contribution in [-0.4, -0.2) is 22.5 Å². The molecule has 0 saturated carbocycles. The zero-order valence-corrected chi connectivity index (χ0v) is 12.7. The highest BCUT2D eigenvalue weighted by molar-refractivity contribution is 7.13. The minimum atomic E-state index is -1.12. The Hall–Kier alpha value is -2.51. The molecule has 0 radical (unpaired) electrons. The largest absolute Gasteiger partial charge is 0.462 e. The molecule has 0 fully saturated rings. The zero-order chi connectivity index (χ0) is 16.2. The van der Waals surface area contributed by atoms with Gasteiger partial charge in [-0.3, -0.25) is 4.79 Å². The fourth-order valence-corrected chi connectivity index (χ4v) is 2.79. The fraction of sp³-hybridized carbons (Fsp3) is 0.125. The van der Waals surface area contributed by atoms with Crippen LogP contribution in [0.1, 0.15) is 22.2 Å². The van der Waals surface area contributed by atoms with E-state index in [2.05, 4.69) is 10.3 Å². The van der Waals surface area contributed by atoms with Crippen molar-refractivity contribution in [3.8, 4) is 10.8 Å². The van der Waals surface area contributed by atoms with Crippen LogP contribution in [0.3, 0.4) is 0 Å². The van der Waals surface area contributed by atoms with Crippen molar-refractivity contribution in [2.75, 3.05) is 6.54 Å². The number of hydrogen-bond acceptors (Lipinski definition) is 5. The van der Waals surface area contributed by atoms with E-state index < -0.39 is 17.8 Å². The molecule has 7 heteroatoms. The van der Waals surface area contributed by atoms with Crippen molar-refractivity contribution >= 4 is 17.2 Å². The molecule has 2 heterocycles. The lowest BCUT2D eigenvalue weighted by Gasteiger charge is -2.12. The van der Waals surface area contributed by atoms with Gasteiger partial charge in [0.05, 0.1) is 12.4 Å². The molecule has 1 amide bonds. The Kier molecular flexibility index (Phi) is 4.50. The van der Waals surface area contributed by atoms with Gasteiger partial charge in [0.1, 0.15) is 11.5 Å². The molecular weight excluding hydrogens is 319 g/mol. The maximum Gasteiger partial charge on any atom is 0.270 e. The van der Waals surface area contributed by atoms with Gasteiger partial charge in [-0.05, 0) is 18.2 Å². The van der Waals surface area contributed by atoms with Crippen LogP contribution in [0.2, 0.25) is 0 Å². The fourth-order valence-electron chi connectivity index (χ4n) is 2.03. The number of aliphatic hydroxyl groups excluding tert-OH is 1.